The fourth-order valence-electron chi connectivity index (χ4n) is 5.97. The smallest absolute Gasteiger partial charge is 0.254 e. The summed E-state index contributed by atoms with van der Waals surface area (Å²) in [6, 6.07) is 21.9. The van der Waals surface area contributed by atoms with Crippen molar-refractivity contribution in [2.24, 2.45) is 0 Å². The van der Waals surface area contributed by atoms with Gasteiger partial charge < -0.3 is 15.1 Å². The third kappa shape index (κ3) is 5.90. The van der Waals surface area contributed by atoms with Gasteiger partial charge in [-0.1, -0.05) is 35.9 Å². The number of aromatic nitrogens is 1. The number of benzene rings is 3. The molecule has 0 saturated carbocycles. The summed E-state index contributed by atoms with van der Waals surface area (Å²) in [6.07, 6.45) is 4.45. The van der Waals surface area contributed by atoms with Crippen LogP contribution in [-0.2, 0) is 6.54 Å². The minimum absolute atomic E-state index is 0.0129. The summed E-state index contributed by atoms with van der Waals surface area (Å²) in [5, 5.41) is 13.6. The summed E-state index contributed by atoms with van der Waals surface area (Å²) in [5.74, 6) is 0.184. The fraction of sp³-hybridized carbons (Fsp3) is 0.303. The average Bonchev–Trinajstić information content (AvgIpc) is 3.68. The molecule has 0 bridgehead atoms. The highest BCUT2D eigenvalue weighted by Gasteiger charge is 2.32. The van der Waals surface area contributed by atoms with Gasteiger partial charge >= 0.3 is 0 Å². The second kappa shape index (κ2) is 11.9. The molecule has 6 rings (SSSR count). The van der Waals surface area contributed by atoms with Crippen LogP contribution in [0.3, 0.4) is 0 Å². The number of carbonyl (C=O) groups excluding carboxylic acids is 1. The molecule has 4 aromatic rings. The SMILES string of the molecule is N#Cc1ccc(-c2ccc3nc(NCc4ccc(F)cc4Cl)cc(C(=O)N4CCCC4CN4CCCC4)c3c2)cc1. The third-order valence-corrected chi connectivity index (χ3v) is 8.52. The van der Waals surface area contributed by atoms with Crippen LogP contribution in [0.1, 0.15) is 47.2 Å². The molecular weight excluding hydrogens is 537 g/mol. The van der Waals surface area contributed by atoms with E-state index in [0.29, 0.717) is 34.0 Å². The van der Waals surface area contributed by atoms with E-state index >= 15 is 0 Å². The summed E-state index contributed by atoms with van der Waals surface area (Å²) < 4.78 is 13.6. The number of anilines is 1. The van der Waals surface area contributed by atoms with Gasteiger partial charge in [-0.05, 0) is 97.9 Å². The maximum absolute atomic E-state index is 14.2. The number of rotatable bonds is 7. The van der Waals surface area contributed by atoms with Crippen LogP contribution in [0.5, 0.6) is 0 Å². The fourth-order valence-corrected chi connectivity index (χ4v) is 6.21. The molecule has 0 spiro atoms. The number of fused-ring (bicyclic) bond motifs is 1. The van der Waals surface area contributed by atoms with Crippen LogP contribution >= 0.6 is 11.6 Å². The summed E-state index contributed by atoms with van der Waals surface area (Å²) in [5.41, 5.74) is 4.56. The summed E-state index contributed by atoms with van der Waals surface area (Å²) in [6.45, 7) is 4.20. The maximum atomic E-state index is 14.2. The number of carbonyl (C=O) groups is 1. The van der Waals surface area contributed by atoms with Crippen molar-refractivity contribution in [2.75, 3.05) is 31.5 Å². The van der Waals surface area contributed by atoms with Gasteiger partial charge in [-0.25, -0.2) is 9.37 Å². The molecule has 1 N–H and O–H groups in total. The lowest BCUT2D eigenvalue weighted by atomic mass is 9.99. The molecule has 1 unspecified atom stereocenters. The van der Waals surface area contributed by atoms with E-state index in [1.165, 1.54) is 25.0 Å². The molecule has 8 heteroatoms. The Morgan fingerprint density at radius 3 is 2.54 bits per heavy atom. The monoisotopic (exact) mass is 567 g/mol. The molecule has 0 radical (unpaired) electrons. The van der Waals surface area contributed by atoms with Crippen LogP contribution in [0.25, 0.3) is 22.0 Å². The highest BCUT2D eigenvalue weighted by atomic mass is 35.5. The first-order chi connectivity index (χ1) is 20.0. The van der Waals surface area contributed by atoms with E-state index in [1.54, 1.807) is 18.2 Å². The average molecular weight is 568 g/mol. The number of hydrogen-bond acceptors (Lipinski definition) is 5. The van der Waals surface area contributed by atoms with E-state index in [2.05, 4.69) is 16.3 Å². The van der Waals surface area contributed by atoms with Gasteiger partial charge in [-0.15, -0.1) is 0 Å². The number of nitrogens with zero attached hydrogens (tertiary/aromatic N) is 4. The molecule has 2 aliphatic heterocycles. The quantitative estimate of drug-likeness (QED) is 0.263. The van der Waals surface area contributed by atoms with Gasteiger partial charge in [0, 0.05) is 36.1 Å². The molecule has 208 valence electrons. The van der Waals surface area contributed by atoms with E-state index in [1.807, 2.05) is 41.3 Å². The molecule has 1 aromatic heterocycles. The van der Waals surface area contributed by atoms with Crippen molar-refractivity contribution >= 4 is 34.2 Å². The predicted molar refractivity (Wildman–Crippen MR) is 160 cm³/mol. The third-order valence-electron chi connectivity index (χ3n) is 8.17. The molecule has 2 fully saturated rings. The van der Waals surface area contributed by atoms with Crippen molar-refractivity contribution in [1.29, 1.82) is 5.26 Å². The van der Waals surface area contributed by atoms with E-state index in [0.717, 1.165) is 61.1 Å². The van der Waals surface area contributed by atoms with Crippen molar-refractivity contribution in [3.8, 4) is 17.2 Å². The zero-order chi connectivity index (χ0) is 28.3. The Bertz CT molecular complexity index is 1630. The second-order valence-corrected chi connectivity index (χ2v) is 11.3. The van der Waals surface area contributed by atoms with E-state index in [-0.39, 0.29) is 17.8 Å². The Labute approximate surface area is 244 Å². The minimum Gasteiger partial charge on any atom is -0.366 e. The highest BCUT2D eigenvalue weighted by Crippen LogP contribution is 2.31. The van der Waals surface area contributed by atoms with Crippen molar-refractivity contribution < 1.29 is 9.18 Å². The number of nitriles is 1. The number of hydrogen-bond donors (Lipinski definition) is 1. The number of likely N-dealkylation sites (tertiary alicyclic amines) is 2. The van der Waals surface area contributed by atoms with Crippen LogP contribution in [0.15, 0.2) is 66.7 Å². The number of nitrogens with one attached hydrogen (secondary N) is 1. The molecule has 2 saturated heterocycles. The summed E-state index contributed by atoms with van der Waals surface area (Å²) in [4.78, 5) is 23.6. The predicted octanol–water partition coefficient (Wildman–Crippen LogP) is 6.88. The molecule has 1 amide bonds. The number of pyridine rings is 1. The Kier molecular flexibility index (Phi) is 7.86. The second-order valence-electron chi connectivity index (χ2n) is 10.9. The summed E-state index contributed by atoms with van der Waals surface area (Å²) >= 11 is 6.26. The molecule has 2 aliphatic rings. The van der Waals surface area contributed by atoms with Crippen molar-refractivity contribution in [2.45, 2.75) is 38.3 Å². The molecule has 41 heavy (non-hydrogen) atoms. The molecular formula is C33H31ClFN5O. The lowest BCUT2D eigenvalue weighted by Crippen LogP contribution is -2.42. The first kappa shape index (κ1) is 27.2. The maximum Gasteiger partial charge on any atom is 0.254 e. The first-order valence-electron chi connectivity index (χ1n) is 14.1. The van der Waals surface area contributed by atoms with Crippen LogP contribution in [-0.4, -0.2) is 52.9 Å². The molecule has 0 aliphatic carbocycles. The van der Waals surface area contributed by atoms with Crippen LogP contribution in [0.4, 0.5) is 10.2 Å². The first-order valence-corrected chi connectivity index (χ1v) is 14.5. The van der Waals surface area contributed by atoms with Crippen LogP contribution < -0.4 is 5.32 Å². The van der Waals surface area contributed by atoms with E-state index in [4.69, 9.17) is 16.6 Å². The summed E-state index contributed by atoms with van der Waals surface area (Å²) in [7, 11) is 0. The zero-order valence-electron chi connectivity index (χ0n) is 22.7. The largest absolute Gasteiger partial charge is 0.366 e. The normalized spacial score (nSPS) is 17.2. The Balaban J connectivity index is 1.36. The Morgan fingerprint density at radius 2 is 1.78 bits per heavy atom. The Morgan fingerprint density at radius 1 is 1.00 bits per heavy atom. The lowest BCUT2D eigenvalue weighted by Gasteiger charge is -2.29. The van der Waals surface area contributed by atoms with Gasteiger partial charge in [-0.2, -0.15) is 5.26 Å². The standard InChI is InChI=1S/C33H31ClFN5O/c34-30-17-26(35)11-9-25(30)20-37-32-18-29(33(41)40-15-3-4-27(40)21-39-13-1-2-14-39)28-16-24(10-12-31(28)38-32)23-7-5-22(19-36)6-8-23/h5-12,16-18,27H,1-4,13-15,20-21H2,(H,37,38). The molecule has 1 atom stereocenters. The molecule has 6 nitrogen and oxygen atoms in total. The topological polar surface area (TPSA) is 72.3 Å². The van der Waals surface area contributed by atoms with Gasteiger partial charge in [0.25, 0.3) is 5.91 Å². The number of amides is 1. The van der Waals surface area contributed by atoms with Crippen molar-refractivity contribution in [1.82, 2.24) is 14.8 Å². The zero-order valence-corrected chi connectivity index (χ0v) is 23.5. The molecule has 3 heterocycles. The van der Waals surface area contributed by atoms with Gasteiger partial charge in [-0.3, -0.25) is 4.79 Å². The van der Waals surface area contributed by atoms with Gasteiger partial charge in [0.2, 0.25) is 0 Å². The van der Waals surface area contributed by atoms with Crippen LogP contribution in [0.2, 0.25) is 5.02 Å². The van der Waals surface area contributed by atoms with Gasteiger partial charge in [0.15, 0.2) is 0 Å². The van der Waals surface area contributed by atoms with Crippen molar-refractivity contribution in [3.05, 3.63) is 94.3 Å². The highest BCUT2D eigenvalue weighted by molar-refractivity contribution is 6.31. The minimum atomic E-state index is -0.386. The Hall–Kier alpha value is -3.99. The van der Waals surface area contributed by atoms with E-state index in [9.17, 15) is 14.4 Å². The molecule has 3 aromatic carbocycles. The lowest BCUT2D eigenvalue weighted by molar-refractivity contribution is 0.0710. The number of halogens is 2. The van der Waals surface area contributed by atoms with Crippen molar-refractivity contribution in [3.63, 3.8) is 0 Å². The van der Waals surface area contributed by atoms with Gasteiger partial charge in [0.1, 0.15) is 11.6 Å². The van der Waals surface area contributed by atoms with Gasteiger partial charge in [0.05, 0.1) is 22.7 Å². The van der Waals surface area contributed by atoms with E-state index < -0.39 is 0 Å². The van der Waals surface area contributed by atoms with Crippen LogP contribution in [0, 0.1) is 17.1 Å².